The molecule has 0 aromatic heterocycles. The van der Waals surface area contributed by atoms with Crippen molar-refractivity contribution < 1.29 is 9.53 Å². The predicted molar refractivity (Wildman–Crippen MR) is 88.4 cm³/mol. The van der Waals surface area contributed by atoms with Crippen LogP contribution in [-0.2, 0) is 4.79 Å². The summed E-state index contributed by atoms with van der Waals surface area (Å²) in [7, 11) is 1.63. The molecule has 106 valence electrons. The van der Waals surface area contributed by atoms with Gasteiger partial charge in [0.15, 0.2) is 0 Å². The number of fused-ring (bicyclic) bond motifs is 1. The van der Waals surface area contributed by atoms with Crippen molar-refractivity contribution in [3.8, 4) is 5.75 Å². The van der Waals surface area contributed by atoms with E-state index in [2.05, 4.69) is 21.2 Å². The summed E-state index contributed by atoms with van der Waals surface area (Å²) < 4.78 is 6.22. The van der Waals surface area contributed by atoms with Crippen molar-refractivity contribution in [2.45, 2.75) is 6.92 Å². The van der Waals surface area contributed by atoms with Crippen molar-refractivity contribution in [2.75, 3.05) is 12.4 Å². The Kier molecular flexibility index (Phi) is 3.55. The summed E-state index contributed by atoms with van der Waals surface area (Å²) in [5.41, 5.74) is 4.48. The molecule has 3 nitrogen and oxygen atoms in total. The first-order chi connectivity index (χ1) is 10.1. The fourth-order valence-electron chi connectivity index (χ4n) is 2.48. The zero-order chi connectivity index (χ0) is 15.0. The maximum absolute atomic E-state index is 12.2. The van der Waals surface area contributed by atoms with Crippen molar-refractivity contribution >= 4 is 39.2 Å². The molecular formula is C17H14BrNO2. The molecule has 0 saturated heterocycles. The van der Waals surface area contributed by atoms with Gasteiger partial charge in [0, 0.05) is 21.3 Å². The Morgan fingerprint density at radius 1 is 1.24 bits per heavy atom. The molecule has 21 heavy (non-hydrogen) atoms. The van der Waals surface area contributed by atoms with Crippen molar-refractivity contribution in [1.82, 2.24) is 0 Å². The highest BCUT2D eigenvalue weighted by Gasteiger charge is 2.26. The minimum atomic E-state index is -0.0750. The minimum absolute atomic E-state index is 0.0750. The number of amides is 1. The average molecular weight is 344 g/mol. The zero-order valence-corrected chi connectivity index (χ0v) is 13.3. The molecule has 2 aromatic carbocycles. The summed E-state index contributed by atoms with van der Waals surface area (Å²) >= 11 is 3.52. The first-order valence-electron chi connectivity index (χ1n) is 6.56. The Labute approximate surface area is 131 Å². The predicted octanol–water partition coefficient (Wildman–Crippen LogP) is 4.26. The highest BCUT2D eigenvalue weighted by Crippen LogP contribution is 2.38. The summed E-state index contributed by atoms with van der Waals surface area (Å²) in [5.74, 6) is 0.697. The molecule has 0 atom stereocenters. The van der Waals surface area contributed by atoms with E-state index in [4.69, 9.17) is 4.74 Å². The Bertz CT molecular complexity index is 765. The van der Waals surface area contributed by atoms with Crippen LogP contribution in [0.4, 0.5) is 5.69 Å². The number of halogens is 1. The maximum atomic E-state index is 12.2. The molecule has 0 fully saturated rings. The first kappa shape index (κ1) is 13.9. The van der Waals surface area contributed by atoms with E-state index in [1.807, 2.05) is 49.4 Å². The molecule has 0 saturated carbocycles. The van der Waals surface area contributed by atoms with E-state index in [9.17, 15) is 4.79 Å². The maximum Gasteiger partial charge on any atom is 0.256 e. The van der Waals surface area contributed by atoms with Crippen LogP contribution in [0.3, 0.4) is 0 Å². The van der Waals surface area contributed by atoms with Crippen LogP contribution in [0.2, 0.25) is 0 Å². The van der Waals surface area contributed by atoms with Gasteiger partial charge in [0.05, 0.1) is 7.11 Å². The lowest BCUT2D eigenvalue weighted by atomic mass is 9.99. The molecule has 1 aliphatic heterocycles. The van der Waals surface area contributed by atoms with Gasteiger partial charge in [0.2, 0.25) is 0 Å². The van der Waals surface area contributed by atoms with Crippen molar-refractivity contribution in [3.05, 3.63) is 57.6 Å². The number of rotatable bonds is 2. The number of methoxy groups -OCH3 is 1. The molecule has 3 rings (SSSR count). The molecule has 2 aromatic rings. The van der Waals surface area contributed by atoms with E-state index in [1.54, 1.807) is 7.11 Å². The number of nitrogens with one attached hydrogen (secondary N) is 1. The monoisotopic (exact) mass is 343 g/mol. The van der Waals surface area contributed by atoms with Gasteiger partial charge in [0.1, 0.15) is 5.75 Å². The molecule has 0 radical (unpaired) electrons. The lowest BCUT2D eigenvalue weighted by Crippen LogP contribution is -2.03. The van der Waals surface area contributed by atoms with Gasteiger partial charge in [-0.3, -0.25) is 4.79 Å². The van der Waals surface area contributed by atoms with E-state index < -0.39 is 0 Å². The lowest BCUT2D eigenvalue weighted by molar-refractivity contribution is -0.110. The summed E-state index contributed by atoms with van der Waals surface area (Å²) in [6.45, 7) is 2.00. The highest BCUT2D eigenvalue weighted by molar-refractivity contribution is 9.10. The van der Waals surface area contributed by atoms with Crippen LogP contribution in [0.15, 0.2) is 40.9 Å². The standard InChI is InChI=1S/C17H14BrNO2/c1-10-14(18)6-7-15-16(10)13(17(20)19-15)9-11-4-3-5-12(8-11)21-2/h3-9H,1-2H3,(H,19,20). The Hall–Kier alpha value is -2.07. The molecule has 1 N–H and O–H groups in total. The second-order valence-corrected chi connectivity index (χ2v) is 5.74. The lowest BCUT2D eigenvalue weighted by Gasteiger charge is -2.06. The van der Waals surface area contributed by atoms with Crippen LogP contribution in [0, 0.1) is 6.92 Å². The zero-order valence-electron chi connectivity index (χ0n) is 11.7. The summed E-state index contributed by atoms with van der Waals surface area (Å²) in [5, 5.41) is 2.91. The molecule has 0 spiro atoms. The fraction of sp³-hybridized carbons (Fsp3) is 0.118. The van der Waals surface area contributed by atoms with Crippen molar-refractivity contribution in [1.29, 1.82) is 0 Å². The summed E-state index contributed by atoms with van der Waals surface area (Å²) in [6.07, 6.45) is 1.89. The van der Waals surface area contributed by atoms with Crippen LogP contribution in [-0.4, -0.2) is 13.0 Å². The first-order valence-corrected chi connectivity index (χ1v) is 7.36. The van der Waals surface area contributed by atoms with Crippen LogP contribution in [0.1, 0.15) is 16.7 Å². The average Bonchev–Trinajstić information content (AvgIpc) is 2.80. The van der Waals surface area contributed by atoms with Gasteiger partial charge in [-0.1, -0.05) is 28.1 Å². The normalized spacial score (nSPS) is 15.0. The molecule has 0 unspecified atom stereocenters. The number of hydrogen-bond acceptors (Lipinski definition) is 2. The second kappa shape index (κ2) is 5.37. The number of carbonyl (C=O) groups excluding carboxylic acids is 1. The highest BCUT2D eigenvalue weighted by atomic mass is 79.9. The molecule has 4 heteroatoms. The van der Waals surface area contributed by atoms with Gasteiger partial charge in [-0.2, -0.15) is 0 Å². The van der Waals surface area contributed by atoms with E-state index in [0.717, 1.165) is 32.6 Å². The topological polar surface area (TPSA) is 38.3 Å². The quantitative estimate of drug-likeness (QED) is 0.827. The van der Waals surface area contributed by atoms with Crippen LogP contribution >= 0.6 is 15.9 Å². The third kappa shape index (κ3) is 2.47. The SMILES string of the molecule is COc1cccc(C=C2C(=O)Nc3ccc(Br)c(C)c32)c1. The van der Waals surface area contributed by atoms with Crippen LogP contribution in [0.25, 0.3) is 11.6 Å². The molecule has 1 aliphatic rings. The Morgan fingerprint density at radius 2 is 2.05 bits per heavy atom. The molecular weight excluding hydrogens is 330 g/mol. The van der Waals surface area contributed by atoms with Gasteiger partial charge >= 0.3 is 0 Å². The van der Waals surface area contributed by atoms with E-state index in [1.165, 1.54) is 0 Å². The third-order valence-corrected chi connectivity index (χ3v) is 4.42. The third-order valence-electron chi connectivity index (χ3n) is 3.57. The molecule has 1 amide bonds. The largest absolute Gasteiger partial charge is 0.497 e. The molecule has 1 heterocycles. The molecule has 0 aliphatic carbocycles. The van der Waals surface area contributed by atoms with Gasteiger partial charge in [-0.15, -0.1) is 0 Å². The summed E-state index contributed by atoms with van der Waals surface area (Å²) in [4.78, 5) is 12.2. The smallest absolute Gasteiger partial charge is 0.256 e. The van der Waals surface area contributed by atoms with E-state index in [0.29, 0.717) is 5.57 Å². The number of carbonyl (C=O) groups is 1. The van der Waals surface area contributed by atoms with Gasteiger partial charge in [-0.05, 0) is 48.4 Å². The Balaban J connectivity index is 2.13. The van der Waals surface area contributed by atoms with Gasteiger partial charge in [0.25, 0.3) is 5.91 Å². The number of anilines is 1. The van der Waals surface area contributed by atoms with Crippen LogP contribution < -0.4 is 10.1 Å². The minimum Gasteiger partial charge on any atom is -0.497 e. The van der Waals surface area contributed by atoms with Crippen LogP contribution in [0.5, 0.6) is 5.75 Å². The van der Waals surface area contributed by atoms with E-state index in [-0.39, 0.29) is 5.91 Å². The number of ether oxygens (including phenoxy) is 1. The second-order valence-electron chi connectivity index (χ2n) is 4.88. The van der Waals surface area contributed by atoms with Gasteiger partial charge in [-0.25, -0.2) is 0 Å². The number of hydrogen-bond donors (Lipinski definition) is 1. The van der Waals surface area contributed by atoms with Crippen molar-refractivity contribution in [2.24, 2.45) is 0 Å². The Morgan fingerprint density at radius 3 is 2.81 bits per heavy atom. The molecule has 0 bridgehead atoms. The van der Waals surface area contributed by atoms with Crippen molar-refractivity contribution in [3.63, 3.8) is 0 Å². The van der Waals surface area contributed by atoms with E-state index >= 15 is 0 Å². The van der Waals surface area contributed by atoms with Gasteiger partial charge < -0.3 is 10.1 Å². The summed E-state index contributed by atoms with van der Waals surface area (Å²) in [6, 6.07) is 11.5. The fourth-order valence-corrected chi connectivity index (χ4v) is 2.81. The number of benzene rings is 2.